The van der Waals surface area contributed by atoms with E-state index in [1.165, 1.54) is 25.7 Å². The quantitative estimate of drug-likeness (QED) is 0.767. The third kappa shape index (κ3) is 1.70. The highest BCUT2D eigenvalue weighted by atomic mass is 16.5. The maximum absolute atomic E-state index is 12.0. The molecule has 0 unspecified atom stereocenters. The zero-order valence-electron chi connectivity index (χ0n) is 11.4. The molecule has 3 rings (SSSR count). The van der Waals surface area contributed by atoms with Crippen LogP contribution in [0, 0.1) is 23.2 Å². The molecule has 0 radical (unpaired) electrons. The molecule has 102 valence electrons. The minimum Gasteiger partial charge on any atom is -0.466 e. The number of rotatable bonds is 2. The lowest BCUT2D eigenvalue weighted by molar-refractivity contribution is -0.151. The van der Waals surface area contributed by atoms with Gasteiger partial charge >= 0.3 is 5.97 Å². The van der Waals surface area contributed by atoms with E-state index in [0.717, 1.165) is 31.1 Å². The van der Waals surface area contributed by atoms with Crippen molar-refractivity contribution in [3.8, 4) is 0 Å². The van der Waals surface area contributed by atoms with E-state index in [9.17, 15) is 4.79 Å². The van der Waals surface area contributed by atoms with Crippen LogP contribution < -0.4 is 5.73 Å². The summed E-state index contributed by atoms with van der Waals surface area (Å²) in [6, 6.07) is 0.341. The lowest BCUT2D eigenvalue weighted by Crippen LogP contribution is -2.49. The van der Waals surface area contributed by atoms with Gasteiger partial charge < -0.3 is 10.5 Å². The van der Waals surface area contributed by atoms with Crippen LogP contribution in [0.15, 0.2) is 0 Å². The van der Waals surface area contributed by atoms with Gasteiger partial charge in [-0.15, -0.1) is 0 Å². The van der Waals surface area contributed by atoms with Gasteiger partial charge in [0.15, 0.2) is 0 Å². The number of hydrogen-bond donors (Lipinski definition) is 1. The van der Waals surface area contributed by atoms with Gasteiger partial charge in [0, 0.05) is 6.04 Å². The molecule has 3 fully saturated rings. The zero-order chi connectivity index (χ0) is 12.8. The number of esters is 1. The largest absolute Gasteiger partial charge is 0.466 e. The van der Waals surface area contributed by atoms with Crippen LogP contribution >= 0.6 is 0 Å². The number of fused-ring (bicyclic) bond motifs is 3. The van der Waals surface area contributed by atoms with Crippen LogP contribution in [0.5, 0.6) is 0 Å². The van der Waals surface area contributed by atoms with E-state index < -0.39 is 0 Å². The van der Waals surface area contributed by atoms with Crippen LogP contribution in [0.1, 0.15) is 51.9 Å². The van der Waals surface area contributed by atoms with Crippen LogP contribution in [0.4, 0.5) is 0 Å². The summed E-state index contributed by atoms with van der Waals surface area (Å²) < 4.78 is 5.22. The Morgan fingerprint density at radius 2 is 2.22 bits per heavy atom. The van der Waals surface area contributed by atoms with Crippen molar-refractivity contribution in [1.29, 1.82) is 0 Å². The third-order valence-corrected chi connectivity index (χ3v) is 5.90. The third-order valence-electron chi connectivity index (χ3n) is 5.90. The monoisotopic (exact) mass is 251 g/mol. The van der Waals surface area contributed by atoms with Crippen molar-refractivity contribution in [3.05, 3.63) is 0 Å². The lowest BCUT2D eigenvalue weighted by Gasteiger charge is -2.47. The van der Waals surface area contributed by atoms with Gasteiger partial charge in [-0.1, -0.05) is 6.42 Å². The van der Waals surface area contributed by atoms with E-state index in [0.29, 0.717) is 12.6 Å². The first-order chi connectivity index (χ1) is 8.67. The van der Waals surface area contributed by atoms with Gasteiger partial charge in [0.05, 0.1) is 12.5 Å². The number of carbonyl (C=O) groups excluding carboxylic acids is 1. The molecule has 18 heavy (non-hydrogen) atoms. The fourth-order valence-corrected chi connectivity index (χ4v) is 5.08. The molecule has 0 aliphatic heterocycles. The Bertz CT molecular complexity index is 339. The van der Waals surface area contributed by atoms with Crippen molar-refractivity contribution in [2.75, 3.05) is 6.61 Å². The summed E-state index contributed by atoms with van der Waals surface area (Å²) in [5, 5.41) is 0. The second-order valence-electron chi connectivity index (χ2n) is 6.57. The molecule has 0 saturated heterocycles. The molecule has 3 aliphatic rings. The van der Waals surface area contributed by atoms with Gasteiger partial charge in [0.2, 0.25) is 0 Å². The van der Waals surface area contributed by atoms with Crippen LogP contribution in [-0.4, -0.2) is 18.6 Å². The van der Waals surface area contributed by atoms with E-state index in [-0.39, 0.29) is 17.3 Å². The summed E-state index contributed by atoms with van der Waals surface area (Å²) >= 11 is 0. The summed E-state index contributed by atoms with van der Waals surface area (Å²) in [7, 11) is 0. The van der Waals surface area contributed by atoms with E-state index in [1.807, 2.05) is 6.92 Å². The number of carbonyl (C=O) groups is 1. The van der Waals surface area contributed by atoms with Crippen molar-refractivity contribution in [3.63, 3.8) is 0 Å². The highest BCUT2D eigenvalue weighted by Gasteiger charge is 2.58. The van der Waals surface area contributed by atoms with E-state index in [4.69, 9.17) is 10.5 Å². The topological polar surface area (TPSA) is 52.3 Å². The second kappa shape index (κ2) is 4.52. The maximum atomic E-state index is 12.0. The SMILES string of the molecule is CCOC(=O)[C@@H]1CCC[C@]2(C1)[C@@H]1CC[C@@H](C1)[C@@H]2N. The van der Waals surface area contributed by atoms with Crippen LogP contribution in [0.2, 0.25) is 0 Å². The van der Waals surface area contributed by atoms with Gasteiger partial charge in [-0.25, -0.2) is 0 Å². The predicted octanol–water partition coefficient (Wildman–Crippen LogP) is 2.48. The van der Waals surface area contributed by atoms with Crippen molar-refractivity contribution in [1.82, 2.24) is 0 Å². The molecule has 2 bridgehead atoms. The first-order valence-corrected chi connectivity index (χ1v) is 7.59. The van der Waals surface area contributed by atoms with Crippen molar-refractivity contribution in [2.24, 2.45) is 28.9 Å². The minimum absolute atomic E-state index is 0.0200. The van der Waals surface area contributed by atoms with Gasteiger partial charge in [-0.2, -0.15) is 0 Å². The van der Waals surface area contributed by atoms with Gasteiger partial charge in [-0.05, 0) is 62.7 Å². The molecule has 1 spiro atoms. The Morgan fingerprint density at radius 1 is 1.39 bits per heavy atom. The first-order valence-electron chi connectivity index (χ1n) is 7.59. The fourth-order valence-electron chi connectivity index (χ4n) is 5.08. The summed E-state index contributed by atoms with van der Waals surface area (Å²) in [6.07, 6.45) is 8.37. The maximum Gasteiger partial charge on any atom is 0.308 e. The van der Waals surface area contributed by atoms with E-state index in [1.54, 1.807) is 0 Å². The van der Waals surface area contributed by atoms with Gasteiger partial charge in [-0.3, -0.25) is 4.79 Å². The highest BCUT2D eigenvalue weighted by Crippen LogP contribution is 2.61. The van der Waals surface area contributed by atoms with Crippen LogP contribution in [0.3, 0.4) is 0 Å². The summed E-state index contributed by atoms with van der Waals surface area (Å²) in [6.45, 7) is 2.39. The first kappa shape index (κ1) is 12.5. The van der Waals surface area contributed by atoms with E-state index in [2.05, 4.69) is 0 Å². The number of hydrogen-bond acceptors (Lipinski definition) is 3. The van der Waals surface area contributed by atoms with E-state index >= 15 is 0 Å². The molecule has 0 heterocycles. The highest BCUT2D eigenvalue weighted by molar-refractivity contribution is 5.72. The van der Waals surface area contributed by atoms with Gasteiger partial charge in [0.25, 0.3) is 0 Å². The molecule has 0 aromatic heterocycles. The van der Waals surface area contributed by atoms with Crippen LogP contribution in [0.25, 0.3) is 0 Å². The summed E-state index contributed by atoms with van der Waals surface area (Å²) in [4.78, 5) is 12.0. The molecule has 5 atom stereocenters. The summed E-state index contributed by atoms with van der Waals surface area (Å²) in [5.74, 6) is 1.65. The standard InChI is InChI=1S/C15H25NO2/c1-2-18-14(17)11-4-3-7-15(9-11)12-6-5-10(8-12)13(15)16/h10-13H,2-9,16H2,1H3/t10-,11+,12+,13-,15-/m0/s1. The van der Waals surface area contributed by atoms with Gasteiger partial charge in [0.1, 0.15) is 0 Å². The molecular weight excluding hydrogens is 226 g/mol. The minimum atomic E-state index is 0.0200. The summed E-state index contributed by atoms with van der Waals surface area (Å²) in [5.41, 5.74) is 6.79. The Balaban J connectivity index is 1.75. The smallest absolute Gasteiger partial charge is 0.308 e. The molecule has 2 N–H and O–H groups in total. The zero-order valence-corrected chi connectivity index (χ0v) is 11.4. The average Bonchev–Trinajstić information content (AvgIpc) is 2.94. The Morgan fingerprint density at radius 3 is 2.89 bits per heavy atom. The molecular formula is C15H25NO2. The average molecular weight is 251 g/mol. The van der Waals surface area contributed by atoms with Crippen molar-refractivity contribution in [2.45, 2.75) is 57.9 Å². The van der Waals surface area contributed by atoms with Crippen LogP contribution in [-0.2, 0) is 9.53 Å². The predicted molar refractivity (Wildman–Crippen MR) is 69.8 cm³/mol. The molecule has 3 aliphatic carbocycles. The Hall–Kier alpha value is -0.570. The van der Waals surface area contributed by atoms with Crippen molar-refractivity contribution >= 4 is 5.97 Å². The molecule has 0 aromatic carbocycles. The second-order valence-corrected chi connectivity index (χ2v) is 6.57. The molecule has 3 saturated carbocycles. The molecule has 0 amide bonds. The Labute approximate surface area is 109 Å². The van der Waals surface area contributed by atoms with Crippen molar-refractivity contribution < 1.29 is 9.53 Å². The normalized spacial score (nSPS) is 46.6. The fraction of sp³-hybridized carbons (Fsp3) is 0.933. The lowest BCUT2D eigenvalue weighted by atomic mass is 9.59. The Kier molecular flexibility index (Phi) is 3.13. The molecule has 3 heteroatoms. The number of nitrogens with two attached hydrogens (primary N) is 1. The molecule has 0 aromatic rings. The molecule has 3 nitrogen and oxygen atoms in total. The number of ether oxygens (including phenoxy) is 1.